The lowest BCUT2D eigenvalue weighted by atomic mass is 9.89. The van der Waals surface area contributed by atoms with Gasteiger partial charge >= 0.3 is 5.97 Å². The second-order valence-electron chi connectivity index (χ2n) is 10.5. The lowest BCUT2D eigenvalue weighted by Crippen LogP contribution is -2.45. The Balaban J connectivity index is 1.67. The van der Waals surface area contributed by atoms with Gasteiger partial charge < -0.3 is 4.74 Å². The summed E-state index contributed by atoms with van der Waals surface area (Å²) in [5.41, 5.74) is 3.39. The molecule has 1 aliphatic carbocycles. The molecule has 3 aromatic carbocycles. The fraction of sp³-hybridized carbons (Fsp3) is 0.387. The van der Waals surface area contributed by atoms with Gasteiger partial charge in [0, 0.05) is 19.1 Å². The normalized spacial score (nSPS) is 20.4. The molecule has 0 aromatic heterocycles. The average Bonchev–Trinajstić information content (AvgIpc) is 3.23. The summed E-state index contributed by atoms with van der Waals surface area (Å²) in [6.07, 6.45) is 2.88. The van der Waals surface area contributed by atoms with Crippen LogP contribution in [0.15, 0.2) is 91.0 Å². The fourth-order valence-electron chi connectivity index (χ4n) is 5.29. The predicted octanol–water partition coefficient (Wildman–Crippen LogP) is 6.67. The van der Waals surface area contributed by atoms with Crippen LogP contribution < -0.4 is 0 Å². The van der Waals surface area contributed by atoms with E-state index in [1.54, 1.807) is 0 Å². The molecule has 1 aliphatic rings. The molecule has 0 bridgehead atoms. The number of rotatable bonds is 8. The van der Waals surface area contributed by atoms with E-state index < -0.39 is 5.60 Å². The standard InChI is InChI=1S/C31H37NO2/c1-31(2,3)34-30(33)28-20-19-27(21-24-13-7-4-8-14-24)29(28)32(22-25-15-9-5-10-16-25)23-26-17-11-6-12-18-26/h4-18,27-29H,19-23H2,1-3H3/t27-,28-,29-/m0/s1. The first-order valence-corrected chi connectivity index (χ1v) is 12.5. The van der Waals surface area contributed by atoms with Crippen LogP contribution in [0.1, 0.15) is 50.3 Å². The highest BCUT2D eigenvalue weighted by Crippen LogP contribution is 2.40. The van der Waals surface area contributed by atoms with E-state index in [0.29, 0.717) is 5.92 Å². The van der Waals surface area contributed by atoms with Crippen molar-refractivity contribution in [2.75, 3.05) is 0 Å². The summed E-state index contributed by atoms with van der Waals surface area (Å²) in [7, 11) is 0. The topological polar surface area (TPSA) is 29.5 Å². The SMILES string of the molecule is CC(C)(C)OC(=O)[C@H]1CC[C@@H](Cc2ccccc2)[C@@H]1N(Cc1ccccc1)Cc1ccccc1. The third kappa shape index (κ3) is 6.57. The zero-order valence-corrected chi connectivity index (χ0v) is 20.7. The average molecular weight is 456 g/mol. The lowest BCUT2D eigenvalue weighted by molar-refractivity contribution is -0.162. The van der Waals surface area contributed by atoms with Crippen LogP contribution in [0.4, 0.5) is 0 Å². The molecule has 4 rings (SSSR count). The predicted molar refractivity (Wildman–Crippen MR) is 138 cm³/mol. The molecule has 1 saturated carbocycles. The highest BCUT2D eigenvalue weighted by Gasteiger charge is 2.45. The van der Waals surface area contributed by atoms with Crippen LogP contribution in [0.3, 0.4) is 0 Å². The maximum absolute atomic E-state index is 13.4. The summed E-state index contributed by atoms with van der Waals surface area (Å²) in [4.78, 5) is 16.0. The van der Waals surface area contributed by atoms with Crippen LogP contribution in [0, 0.1) is 11.8 Å². The highest BCUT2D eigenvalue weighted by molar-refractivity contribution is 5.74. The largest absolute Gasteiger partial charge is 0.460 e. The third-order valence-electron chi connectivity index (χ3n) is 6.67. The summed E-state index contributed by atoms with van der Waals surface area (Å²) in [6, 6.07) is 32.0. The first-order valence-electron chi connectivity index (χ1n) is 12.5. The Hall–Kier alpha value is -2.91. The maximum Gasteiger partial charge on any atom is 0.311 e. The van der Waals surface area contributed by atoms with E-state index in [4.69, 9.17) is 4.74 Å². The van der Waals surface area contributed by atoms with Gasteiger partial charge in [0.05, 0.1) is 5.92 Å². The van der Waals surface area contributed by atoms with E-state index in [0.717, 1.165) is 32.4 Å². The molecule has 0 heterocycles. The van der Waals surface area contributed by atoms with Crippen molar-refractivity contribution in [2.24, 2.45) is 11.8 Å². The Bertz CT molecular complexity index is 986. The summed E-state index contributed by atoms with van der Waals surface area (Å²) in [5.74, 6) is 0.215. The van der Waals surface area contributed by atoms with Crippen molar-refractivity contribution in [3.8, 4) is 0 Å². The van der Waals surface area contributed by atoms with Gasteiger partial charge in [-0.25, -0.2) is 0 Å². The van der Waals surface area contributed by atoms with Crippen molar-refractivity contribution < 1.29 is 9.53 Å². The summed E-state index contributed by atoms with van der Waals surface area (Å²) >= 11 is 0. The van der Waals surface area contributed by atoms with Crippen molar-refractivity contribution in [3.05, 3.63) is 108 Å². The highest BCUT2D eigenvalue weighted by atomic mass is 16.6. The number of nitrogens with zero attached hydrogens (tertiary/aromatic N) is 1. The first-order chi connectivity index (χ1) is 16.4. The molecule has 0 amide bonds. The second kappa shape index (κ2) is 11.0. The Morgan fingerprint density at radius 1 is 0.765 bits per heavy atom. The molecule has 0 unspecified atom stereocenters. The minimum Gasteiger partial charge on any atom is -0.460 e. The molecular weight excluding hydrogens is 418 g/mol. The van der Waals surface area contributed by atoms with E-state index in [2.05, 4.69) is 95.9 Å². The minimum atomic E-state index is -0.483. The van der Waals surface area contributed by atoms with E-state index in [-0.39, 0.29) is 17.9 Å². The molecular formula is C31H37NO2. The molecule has 3 heteroatoms. The van der Waals surface area contributed by atoms with Crippen LogP contribution >= 0.6 is 0 Å². The number of carbonyl (C=O) groups is 1. The van der Waals surface area contributed by atoms with Crippen LogP contribution in [-0.2, 0) is 29.0 Å². The van der Waals surface area contributed by atoms with Crippen molar-refractivity contribution in [3.63, 3.8) is 0 Å². The number of hydrogen-bond acceptors (Lipinski definition) is 3. The monoisotopic (exact) mass is 455 g/mol. The summed E-state index contributed by atoms with van der Waals surface area (Å²) < 4.78 is 5.94. The Morgan fingerprint density at radius 2 is 1.24 bits per heavy atom. The van der Waals surface area contributed by atoms with Crippen molar-refractivity contribution in [1.29, 1.82) is 0 Å². The van der Waals surface area contributed by atoms with Crippen molar-refractivity contribution >= 4 is 5.97 Å². The van der Waals surface area contributed by atoms with Gasteiger partial charge in [0.15, 0.2) is 0 Å². The van der Waals surface area contributed by atoms with E-state index >= 15 is 0 Å². The van der Waals surface area contributed by atoms with Gasteiger partial charge in [0.1, 0.15) is 5.60 Å². The van der Waals surface area contributed by atoms with Gasteiger partial charge in [-0.2, -0.15) is 0 Å². The molecule has 0 radical (unpaired) electrons. The zero-order chi connectivity index (χ0) is 24.0. The van der Waals surface area contributed by atoms with Gasteiger partial charge in [-0.15, -0.1) is 0 Å². The first kappa shape index (κ1) is 24.2. The smallest absolute Gasteiger partial charge is 0.311 e. The molecule has 1 fully saturated rings. The summed E-state index contributed by atoms with van der Waals surface area (Å²) in [6.45, 7) is 7.50. The molecule has 0 saturated heterocycles. The van der Waals surface area contributed by atoms with Gasteiger partial charge in [-0.1, -0.05) is 91.0 Å². The molecule has 178 valence electrons. The van der Waals surface area contributed by atoms with Crippen LogP contribution in [0.25, 0.3) is 0 Å². The third-order valence-corrected chi connectivity index (χ3v) is 6.67. The number of benzene rings is 3. The molecule has 0 N–H and O–H groups in total. The molecule has 0 aliphatic heterocycles. The van der Waals surface area contributed by atoms with E-state index in [9.17, 15) is 4.79 Å². The minimum absolute atomic E-state index is 0.0563. The van der Waals surface area contributed by atoms with Crippen LogP contribution in [0.2, 0.25) is 0 Å². The molecule has 3 aromatic rings. The van der Waals surface area contributed by atoms with Crippen LogP contribution in [-0.4, -0.2) is 22.5 Å². The fourth-order valence-corrected chi connectivity index (χ4v) is 5.29. The number of hydrogen-bond donors (Lipinski definition) is 0. The van der Waals surface area contributed by atoms with Gasteiger partial charge in [-0.05, 0) is 62.6 Å². The lowest BCUT2D eigenvalue weighted by Gasteiger charge is -2.37. The summed E-state index contributed by atoms with van der Waals surface area (Å²) in [5, 5.41) is 0. The Labute approximate surface area is 204 Å². The van der Waals surface area contributed by atoms with E-state index in [1.165, 1.54) is 16.7 Å². The molecule has 3 atom stereocenters. The quantitative estimate of drug-likeness (QED) is 0.355. The Kier molecular flexibility index (Phi) is 7.84. The molecule has 0 spiro atoms. The van der Waals surface area contributed by atoms with Crippen LogP contribution in [0.5, 0.6) is 0 Å². The van der Waals surface area contributed by atoms with Crippen molar-refractivity contribution in [1.82, 2.24) is 4.90 Å². The molecule has 3 nitrogen and oxygen atoms in total. The Morgan fingerprint density at radius 3 is 1.71 bits per heavy atom. The number of ether oxygens (including phenoxy) is 1. The maximum atomic E-state index is 13.4. The van der Waals surface area contributed by atoms with Crippen molar-refractivity contribution in [2.45, 2.75) is 64.8 Å². The van der Waals surface area contributed by atoms with Gasteiger partial charge in [0.2, 0.25) is 0 Å². The number of esters is 1. The van der Waals surface area contributed by atoms with Gasteiger partial charge in [0.25, 0.3) is 0 Å². The number of carbonyl (C=O) groups excluding carboxylic acids is 1. The van der Waals surface area contributed by atoms with Gasteiger partial charge in [-0.3, -0.25) is 9.69 Å². The zero-order valence-electron chi connectivity index (χ0n) is 20.7. The van der Waals surface area contributed by atoms with E-state index in [1.807, 2.05) is 20.8 Å². The second-order valence-corrected chi connectivity index (χ2v) is 10.5. The molecule has 34 heavy (non-hydrogen) atoms.